The number of anilines is 2. The van der Waals surface area contributed by atoms with Gasteiger partial charge < -0.3 is 10.3 Å². The Bertz CT molecular complexity index is 347. The number of piperazine rings is 1. The normalized spacial score (nSPS) is 17.2. The number of rotatable bonds is 4. The van der Waals surface area contributed by atoms with Crippen molar-refractivity contribution >= 4 is 11.6 Å². The van der Waals surface area contributed by atoms with E-state index in [1.54, 1.807) is 0 Å². The van der Waals surface area contributed by atoms with Crippen LogP contribution in [0.15, 0.2) is 18.2 Å². The van der Waals surface area contributed by atoms with Gasteiger partial charge in [0, 0.05) is 26.2 Å². The fourth-order valence-corrected chi connectivity index (χ4v) is 2.20. The summed E-state index contributed by atoms with van der Waals surface area (Å²) < 4.78 is 0. The third-order valence-corrected chi connectivity index (χ3v) is 3.12. The van der Waals surface area contributed by atoms with Crippen molar-refractivity contribution in [2.45, 2.75) is 13.3 Å². The Morgan fingerprint density at radius 1 is 1.29 bits per heavy atom. The van der Waals surface area contributed by atoms with E-state index in [4.69, 9.17) is 5.84 Å². The maximum absolute atomic E-state index is 5.37. The van der Waals surface area contributed by atoms with Gasteiger partial charge in [-0.05, 0) is 25.1 Å². The number of hydrazine groups is 1. The summed E-state index contributed by atoms with van der Waals surface area (Å²) in [5.41, 5.74) is 2.59. The highest BCUT2D eigenvalue weighted by molar-refractivity contribution is 5.46. The molecule has 2 rings (SSSR count). The van der Waals surface area contributed by atoms with E-state index in [9.17, 15) is 0 Å². The third-order valence-electron chi connectivity index (χ3n) is 3.12. The van der Waals surface area contributed by atoms with E-state index in [0.717, 1.165) is 37.8 Å². The van der Waals surface area contributed by atoms with Gasteiger partial charge in [0.25, 0.3) is 0 Å². The van der Waals surface area contributed by atoms with E-state index >= 15 is 0 Å². The molecule has 0 bridgehead atoms. The zero-order chi connectivity index (χ0) is 12.1. The average molecular weight is 235 g/mol. The smallest absolute Gasteiger partial charge is 0.142 e. The lowest BCUT2D eigenvalue weighted by molar-refractivity contribution is 0.258. The number of aromatic nitrogens is 1. The summed E-state index contributed by atoms with van der Waals surface area (Å²) in [7, 11) is 0. The zero-order valence-corrected chi connectivity index (χ0v) is 10.4. The van der Waals surface area contributed by atoms with Crippen molar-refractivity contribution in [1.29, 1.82) is 0 Å². The summed E-state index contributed by atoms with van der Waals surface area (Å²) in [4.78, 5) is 9.27. The largest absolute Gasteiger partial charge is 0.354 e. The van der Waals surface area contributed by atoms with Crippen LogP contribution >= 0.6 is 0 Å². The first kappa shape index (κ1) is 12.1. The van der Waals surface area contributed by atoms with E-state index in [2.05, 4.69) is 27.1 Å². The van der Waals surface area contributed by atoms with E-state index < -0.39 is 0 Å². The fraction of sp³-hybridized carbons (Fsp3) is 0.583. The van der Waals surface area contributed by atoms with Crippen LogP contribution in [0.2, 0.25) is 0 Å². The summed E-state index contributed by atoms with van der Waals surface area (Å²) >= 11 is 0. The van der Waals surface area contributed by atoms with Crippen molar-refractivity contribution in [2.24, 2.45) is 5.84 Å². The highest BCUT2D eigenvalue weighted by atomic mass is 15.3. The van der Waals surface area contributed by atoms with Crippen molar-refractivity contribution in [3.63, 3.8) is 0 Å². The molecule has 3 N–H and O–H groups in total. The molecule has 1 aromatic heterocycles. The Hall–Kier alpha value is -1.33. The second kappa shape index (κ2) is 5.84. The monoisotopic (exact) mass is 235 g/mol. The van der Waals surface area contributed by atoms with Gasteiger partial charge >= 0.3 is 0 Å². The van der Waals surface area contributed by atoms with E-state index in [0.29, 0.717) is 0 Å². The molecule has 0 radical (unpaired) electrons. The topological polar surface area (TPSA) is 57.4 Å². The van der Waals surface area contributed by atoms with Crippen LogP contribution < -0.4 is 16.2 Å². The maximum atomic E-state index is 5.37. The molecule has 0 unspecified atom stereocenters. The van der Waals surface area contributed by atoms with Crippen LogP contribution in [0.1, 0.15) is 13.3 Å². The maximum Gasteiger partial charge on any atom is 0.142 e. The van der Waals surface area contributed by atoms with Gasteiger partial charge in [0.1, 0.15) is 11.6 Å². The molecule has 0 amide bonds. The number of nitrogen functional groups attached to an aromatic ring is 1. The molecule has 0 spiro atoms. The Balaban J connectivity index is 1.95. The molecular formula is C12H21N5. The first-order chi connectivity index (χ1) is 8.33. The van der Waals surface area contributed by atoms with E-state index in [1.165, 1.54) is 13.0 Å². The second-order valence-corrected chi connectivity index (χ2v) is 4.35. The Labute approximate surface area is 103 Å². The molecule has 1 saturated heterocycles. The van der Waals surface area contributed by atoms with Crippen LogP contribution in [0.3, 0.4) is 0 Å². The lowest BCUT2D eigenvalue weighted by atomic mass is 10.3. The molecule has 0 aromatic carbocycles. The SMILES string of the molecule is CCCN1CCN(c2cccc(NN)n2)CC1. The molecule has 94 valence electrons. The quantitative estimate of drug-likeness (QED) is 0.600. The minimum atomic E-state index is 0.721. The minimum Gasteiger partial charge on any atom is -0.354 e. The van der Waals surface area contributed by atoms with Gasteiger partial charge in [0.2, 0.25) is 0 Å². The predicted molar refractivity (Wildman–Crippen MR) is 71.0 cm³/mol. The highest BCUT2D eigenvalue weighted by Crippen LogP contribution is 2.15. The molecule has 1 fully saturated rings. The molecule has 1 aromatic rings. The number of hydrogen-bond acceptors (Lipinski definition) is 5. The third kappa shape index (κ3) is 3.08. The highest BCUT2D eigenvalue weighted by Gasteiger charge is 2.17. The van der Waals surface area contributed by atoms with Crippen molar-refractivity contribution in [2.75, 3.05) is 43.0 Å². The molecule has 5 heteroatoms. The lowest BCUT2D eigenvalue weighted by Crippen LogP contribution is -2.46. The lowest BCUT2D eigenvalue weighted by Gasteiger charge is -2.35. The zero-order valence-electron chi connectivity index (χ0n) is 10.4. The molecule has 5 nitrogen and oxygen atoms in total. The number of nitrogens with zero attached hydrogens (tertiary/aromatic N) is 3. The number of hydrogen-bond donors (Lipinski definition) is 2. The Morgan fingerprint density at radius 2 is 2.06 bits per heavy atom. The van der Waals surface area contributed by atoms with Crippen molar-refractivity contribution in [3.05, 3.63) is 18.2 Å². The second-order valence-electron chi connectivity index (χ2n) is 4.35. The van der Waals surface area contributed by atoms with Crippen molar-refractivity contribution in [3.8, 4) is 0 Å². The van der Waals surface area contributed by atoms with Crippen LogP contribution in [0, 0.1) is 0 Å². The summed E-state index contributed by atoms with van der Waals surface area (Å²) in [6.45, 7) is 7.75. The minimum absolute atomic E-state index is 0.721. The van der Waals surface area contributed by atoms with Gasteiger partial charge in [-0.1, -0.05) is 13.0 Å². The molecule has 17 heavy (non-hydrogen) atoms. The Kier molecular flexibility index (Phi) is 4.17. The summed E-state index contributed by atoms with van der Waals surface area (Å²) in [5, 5.41) is 0. The first-order valence-electron chi connectivity index (χ1n) is 6.24. The average Bonchev–Trinajstić information content (AvgIpc) is 2.40. The van der Waals surface area contributed by atoms with Crippen LogP contribution in [0.25, 0.3) is 0 Å². The van der Waals surface area contributed by atoms with Crippen LogP contribution in [-0.4, -0.2) is 42.6 Å². The van der Waals surface area contributed by atoms with Crippen LogP contribution in [0.5, 0.6) is 0 Å². The molecule has 2 heterocycles. The molecule has 1 aliphatic rings. The number of nitrogens with two attached hydrogens (primary N) is 1. The molecule has 0 aliphatic carbocycles. The standard InChI is InChI=1S/C12H21N5/c1-2-6-16-7-9-17(10-8-16)12-5-3-4-11(14-12)15-13/h3-5H,2,6-10,13H2,1H3,(H,14,15). The molecular weight excluding hydrogens is 214 g/mol. The van der Waals surface area contributed by atoms with Crippen LogP contribution in [0.4, 0.5) is 11.6 Å². The van der Waals surface area contributed by atoms with Gasteiger partial charge in [0.15, 0.2) is 0 Å². The first-order valence-corrected chi connectivity index (χ1v) is 6.24. The van der Waals surface area contributed by atoms with Crippen molar-refractivity contribution in [1.82, 2.24) is 9.88 Å². The summed E-state index contributed by atoms with van der Waals surface area (Å²) in [6, 6.07) is 5.89. The Morgan fingerprint density at radius 3 is 2.71 bits per heavy atom. The van der Waals surface area contributed by atoms with Crippen LogP contribution in [-0.2, 0) is 0 Å². The number of nitrogens with one attached hydrogen (secondary N) is 1. The van der Waals surface area contributed by atoms with Gasteiger partial charge in [-0.3, -0.25) is 4.90 Å². The van der Waals surface area contributed by atoms with E-state index in [-0.39, 0.29) is 0 Å². The fourth-order valence-electron chi connectivity index (χ4n) is 2.20. The van der Waals surface area contributed by atoms with Crippen molar-refractivity contribution < 1.29 is 0 Å². The van der Waals surface area contributed by atoms with E-state index in [1.807, 2.05) is 18.2 Å². The predicted octanol–water partition coefficient (Wildman–Crippen LogP) is 0.899. The number of pyridine rings is 1. The molecule has 1 aliphatic heterocycles. The summed E-state index contributed by atoms with van der Waals surface area (Å²) in [6.07, 6.45) is 1.23. The van der Waals surface area contributed by atoms with Gasteiger partial charge in [-0.2, -0.15) is 0 Å². The molecule has 0 atom stereocenters. The van der Waals surface area contributed by atoms with Gasteiger partial charge in [0.05, 0.1) is 0 Å². The summed E-state index contributed by atoms with van der Waals surface area (Å²) in [5.74, 6) is 7.10. The molecule has 0 saturated carbocycles. The van der Waals surface area contributed by atoms with Gasteiger partial charge in [-0.25, -0.2) is 10.8 Å². The van der Waals surface area contributed by atoms with Gasteiger partial charge in [-0.15, -0.1) is 0 Å².